The van der Waals surface area contributed by atoms with Gasteiger partial charge in [0.15, 0.2) is 0 Å². The molecule has 0 spiro atoms. The van der Waals surface area contributed by atoms with Gasteiger partial charge in [-0.2, -0.15) is 0 Å². The Labute approximate surface area is 148 Å². The van der Waals surface area contributed by atoms with Crippen molar-refractivity contribution in [3.63, 3.8) is 0 Å². The lowest BCUT2D eigenvalue weighted by Gasteiger charge is -2.32. The van der Waals surface area contributed by atoms with E-state index in [0.29, 0.717) is 5.82 Å². The lowest BCUT2D eigenvalue weighted by Crippen LogP contribution is -2.48. The maximum atomic E-state index is 6.73. The number of benzene rings is 1. The van der Waals surface area contributed by atoms with Gasteiger partial charge in [-0.3, -0.25) is 0 Å². The summed E-state index contributed by atoms with van der Waals surface area (Å²) in [5, 5.41) is 1.35. The molecule has 2 fully saturated rings. The average Bonchev–Trinajstić information content (AvgIpc) is 3.02. The summed E-state index contributed by atoms with van der Waals surface area (Å²) in [6.07, 6.45) is 3.67. The first kappa shape index (κ1) is 18.2. The van der Waals surface area contributed by atoms with E-state index in [-0.39, 0.29) is 24.4 Å². The number of hydrogen-bond donors (Lipinski definition) is 0. The Morgan fingerprint density at radius 1 is 1.00 bits per heavy atom. The molecule has 0 radical (unpaired) electrons. The van der Waals surface area contributed by atoms with Crippen LogP contribution >= 0.6 is 0 Å². The van der Waals surface area contributed by atoms with Crippen LogP contribution in [0.3, 0.4) is 0 Å². The van der Waals surface area contributed by atoms with Gasteiger partial charge in [0, 0.05) is 11.9 Å². The largest absolute Gasteiger partial charge is 0.463 e. The van der Waals surface area contributed by atoms with E-state index in [2.05, 4.69) is 71.1 Å². The van der Waals surface area contributed by atoms with Crippen LogP contribution in [0.15, 0.2) is 30.3 Å². The van der Waals surface area contributed by atoms with Crippen LogP contribution in [0.4, 0.5) is 0 Å². The second-order valence-corrected chi connectivity index (χ2v) is 12.6. The van der Waals surface area contributed by atoms with Gasteiger partial charge in [-0.05, 0) is 58.8 Å². The summed E-state index contributed by atoms with van der Waals surface area (Å²) in [5.74, 6) is 0.335. The van der Waals surface area contributed by atoms with Crippen LogP contribution in [0.1, 0.15) is 47.0 Å². The minimum absolute atomic E-state index is 0.150. The van der Waals surface area contributed by atoms with E-state index in [1.54, 1.807) is 0 Å². The molecule has 0 aromatic heterocycles. The number of hydrogen-bond acceptors (Lipinski definition) is 3. The predicted molar refractivity (Wildman–Crippen MR) is 102 cm³/mol. The maximum absolute atomic E-state index is 6.73. The van der Waals surface area contributed by atoms with Crippen LogP contribution in [0.25, 0.3) is 0 Å². The second kappa shape index (κ2) is 6.27. The minimum Gasteiger partial charge on any atom is -0.410 e. The van der Waals surface area contributed by atoms with Gasteiger partial charge in [0.25, 0.3) is 0 Å². The molecule has 24 heavy (non-hydrogen) atoms. The van der Waals surface area contributed by atoms with Crippen LogP contribution in [0, 0.1) is 0 Å². The lowest BCUT2D eigenvalue weighted by molar-refractivity contribution is 0.00578. The van der Waals surface area contributed by atoms with Crippen LogP contribution in [0.2, 0.25) is 18.9 Å². The van der Waals surface area contributed by atoms with Crippen LogP contribution in [-0.2, 0) is 13.7 Å². The third-order valence-corrected chi connectivity index (χ3v) is 8.66. The zero-order valence-corrected chi connectivity index (χ0v) is 17.0. The van der Waals surface area contributed by atoms with Crippen LogP contribution in [0.5, 0.6) is 0 Å². The maximum Gasteiger partial charge on any atom is 0.463 e. The molecule has 1 aromatic rings. The Morgan fingerprint density at radius 3 is 2.17 bits per heavy atom. The highest BCUT2D eigenvalue weighted by molar-refractivity contribution is 6.84. The van der Waals surface area contributed by atoms with Crippen molar-refractivity contribution in [2.75, 3.05) is 0 Å². The Bertz CT molecular complexity index is 557. The summed E-state index contributed by atoms with van der Waals surface area (Å²) in [6.45, 7) is 13.1. The van der Waals surface area contributed by atoms with Gasteiger partial charge in [-0.1, -0.05) is 36.8 Å². The first-order valence-corrected chi connectivity index (χ1v) is 12.1. The predicted octanol–water partition coefficient (Wildman–Crippen LogP) is 4.13. The van der Waals surface area contributed by atoms with E-state index >= 15 is 0 Å². The van der Waals surface area contributed by atoms with Gasteiger partial charge in [0.2, 0.25) is 8.32 Å². The van der Waals surface area contributed by atoms with Crippen molar-refractivity contribution in [2.24, 2.45) is 0 Å². The van der Waals surface area contributed by atoms with Crippen molar-refractivity contribution in [1.82, 2.24) is 0 Å². The molecule has 3 nitrogen and oxygen atoms in total. The van der Waals surface area contributed by atoms with Crippen molar-refractivity contribution in [3.05, 3.63) is 30.3 Å². The summed E-state index contributed by atoms with van der Waals surface area (Å²) >= 11 is 0. The van der Waals surface area contributed by atoms with E-state index in [9.17, 15) is 0 Å². The molecule has 5 heteroatoms. The first-order chi connectivity index (χ1) is 11.1. The SMILES string of the molecule is CC1(C)OB([C@H]2CCC[C@@H]2O[Si](C)(C)c2ccccc2)OC1(C)C. The van der Waals surface area contributed by atoms with Crippen molar-refractivity contribution >= 4 is 20.6 Å². The molecule has 3 rings (SSSR count). The first-order valence-electron chi connectivity index (χ1n) is 9.21. The summed E-state index contributed by atoms with van der Waals surface area (Å²) in [6, 6.07) is 10.7. The molecule has 1 saturated heterocycles. The zero-order chi connectivity index (χ0) is 17.6. The van der Waals surface area contributed by atoms with Crippen LogP contribution < -0.4 is 5.19 Å². The highest BCUT2D eigenvalue weighted by atomic mass is 28.4. The Balaban J connectivity index is 1.73. The Kier molecular flexibility index (Phi) is 4.75. The molecule has 0 unspecified atom stereocenters. The fourth-order valence-corrected chi connectivity index (χ4v) is 5.94. The third-order valence-electron chi connectivity index (χ3n) is 6.04. The van der Waals surface area contributed by atoms with E-state index in [1.807, 2.05) is 0 Å². The molecule has 2 atom stereocenters. The van der Waals surface area contributed by atoms with E-state index in [0.717, 1.165) is 12.8 Å². The summed E-state index contributed by atoms with van der Waals surface area (Å²) in [7, 11) is -2.07. The Morgan fingerprint density at radius 2 is 1.58 bits per heavy atom. The van der Waals surface area contributed by atoms with Gasteiger partial charge in [-0.15, -0.1) is 0 Å². The molecule has 1 heterocycles. The molecule has 0 bridgehead atoms. The quantitative estimate of drug-likeness (QED) is 0.767. The second-order valence-electron chi connectivity index (χ2n) is 8.75. The standard InChI is InChI=1S/C19H31BO3Si/c1-18(2)19(3,4)23-20(22-18)16-13-10-14-17(16)21-24(5,6)15-11-8-7-9-12-15/h7-9,11-12,16-17H,10,13-14H2,1-6H3/t16-,17-/m0/s1. The van der Waals surface area contributed by atoms with Crippen molar-refractivity contribution in [1.29, 1.82) is 0 Å². The molecule has 2 aliphatic rings. The number of rotatable bonds is 4. The highest BCUT2D eigenvalue weighted by Gasteiger charge is 2.56. The fourth-order valence-electron chi connectivity index (χ4n) is 3.76. The average molecular weight is 346 g/mol. The Hall–Kier alpha value is -0.618. The molecular weight excluding hydrogens is 315 g/mol. The molecule has 1 saturated carbocycles. The van der Waals surface area contributed by atoms with Gasteiger partial charge < -0.3 is 13.7 Å². The molecule has 132 valence electrons. The van der Waals surface area contributed by atoms with E-state index in [1.165, 1.54) is 11.6 Å². The van der Waals surface area contributed by atoms with Crippen molar-refractivity contribution < 1.29 is 13.7 Å². The monoisotopic (exact) mass is 346 g/mol. The topological polar surface area (TPSA) is 27.7 Å². The lowest BCUT2D eigenvalue weighted by atomic mass is 9.69. The van der Waals surface area contributed by atoms with Crippen molar-refractivity contribution in [2.45, 2.75) is 83.2 Å². The van der Waals surface area contributed by atoms with E-state index in [4.69, 9.17) is 13.7 Å². The highest BCUT2D eigenvalue weighted by Crippen LogP contribution is 2.46. The summed E-state index contributed by atoms with van der Waals surface area (Å²) < 4.78 is 19.3. The van der Waals surface area contributed by atoms with Gasteiger partial charge in [0.1, 0.15) is 0 Å². The molecule has 1 aliphatic heterocycles. The normalized spacial score (nSPS) is 29.2. The molecule has 1 aromatic carbocycles. The molecule has 0 N–H and O–H groups in total. The molecular formula is C19H31BO3Si. The zero-order valence-electron chi connectivity index (χ0n) is 16.0. The minimum atomic E-state index is -1.92. The third kappa shape index (κ3) is 3.36. The van der Waals surface area contributed by atoms with E-state index < -0.39 is 8.32 Å². The van der Waals surface area contributed by atoms with Gasteiger partial charge >= 0.3 is 7.12 Å². The van der Waals surface area contributed by atoms with Crippen LogP contribution in [-0.4, -0.2) is 32.7 Å². The molecule has 0 amide bonds. The van der Waals surface area contributed by atoms with Gasteiger partial charge in [-0.25, -0.2) is 0 Å². The smallest absolute Gasteiger partial charge is 0.410 e. The fraction of sp³-hybridized carbons (Fsp3) is 0.684. The summed E-state index contributed by atoms with van der Waals surface area (Å²) in [5.41, 5.74) is -0.533. The van der Waals surface area contributed by atoms with Crippen molar-refractivity contribution in [3.8, 4) is 0 Å². The summed E-state index contributed by atoms with van der Waals surface area (Å²) in [4.78, 5) is 0. The molecule has 1 aliphatic carbocycles. The van der Waals surface area contributed by atoms with Gasteiger partial charge in [0.05, 0.1) is 11.2 Å².